The van der Waals surface area contributed by atoms with Crippen molar-refractivity contribution in [1.82, 2.24) is 0 Å². The van der Waals surface area contributed by atoms with E-state index in [0.29, 0.717) is 72.7 Å². The molecule has 0 bridgehead atoms. The van der Waals surface area contributed by atoms with Crippen LogP contribution in [0.3, 0.4) is 0 Å². The second-order valence-electron chi connectivity index (χ2n) is 11.5. The van der Waals surface area contributed by atoms with Crippen molar-refractivity contribution in [2.45, 2.75) is 53.6 Å². The summed E-state index contributed by atoms with van der Waals surface area (Å²) in [6.07, 6.45) is 2.76. The summed E-state index contributed by atoms with van der Waals surface area (Å²) in [5.41, 5.74) is 9.18. The molecule has 0 fully saturated rings. The van der Waals surface area contributed by atoms with Gasteiger partial charge in [-0.2, -0.15) is 0 Å². The summed E-state index contributed by atoms with van der Waals surface area (Å²) in [5, 5.41) is 0. The van der Waals surface area contributed by atoms with E-state index in [1.165, 1.54) is 11.1 Å². The molecule has 0 amide bonds. The molecule has 0 aromatic heterocycles. The Bertz CT molecular complexity index is 1310. The number of aryl methyl sites for hydroxylation is 2. The Kier molecular flexibility index (Phi) is 18.5. The lowest BCUT2D eigenvalue weighted by atomic mass is 9.88. The smallest absolute Gasteiger partial charge is 0.120 e. The summed E-state index contributed by atoms with van der Waals surface area (Å²) < 4.78 is 45.4. The number of methoxy groups -OCH3 is 2. The highest BCUT2D eigenvalue weighted by molar-refractivity contribution is 5.83. The van der Waals surface area contributed by atoms with Crippen LogP contribution in [0.1, 0.15) is 48.4 Å². The predicted octanol–water partition coefficient (Wildman–Crippen LogP) is 7.75. The molecule has 0 aliphatic carbocycles. The van der Waals surface area contributed by atoms with Gasteiger partial charge in [0.15, 0.2) is 0 Å². The predicted molar refractivity (Wildman–Crippen MR) is 188 cm³/mol. The Morgan fingerprint density at radius 2 is 1.04 bits per heavy atom. The zero-order valence-electron chi connectivity index (χ0n) is 29.5. The van der Waals surface area contributed by atoms with Crippen molar-refractivity contribution in [3.63, 3.8) is 0 Å². The lowest BCUT2D eigenvalue weighted by Gasteiger charge is -2.19. The zero-order chi connectivity index (χ0) is 33.7. The summed E-state index contributed by atoms with van der Waals surface area (Å²) in [6, 6.07) is 17.1. The van der Waals surface area contributed by atoms with E-state index in [-0.39, 0.29) is 0 Å². The van der Waals surface area contributed by atoms with Crippen LogP contribution in [0.25, 0.3) is 22.3 Å². The van der Waals surface area contributed by atoms with Gasteiger partial charge in [-0.3, -0.25) is 0 Å². The molecule has 8 heteroatoms. The average Bonchev–Trinajstić information content (AvgIpc) is 3.07. The third-order valence-corrected chi connectivity index (χ3v) is 7.83. The molecule has 0 aliphatic rings. The maximum atomic E-state index is 6.36. The highest BCUT2D eigenvalue weighted by Crippen LogP contribution is 2.40. The maximum absolute atomic E-state index is 6.36. The Balaban J connectivity index is 1.85. The van der Waals surface area contributed by atoms with Gasteiger partial charge in [-0.15, -0.1) is 0 Å². The molecule has 0 saturated heterocycles. The summed E-state index contributed by atoms with van der Waals surface area (Å²) in [7, 11) is 3.40. The average molecular weight is 653 g/mol. The van der Waals surface area contributed by atoms with Crippen molar-refractivity contribution in [1.29, 1.82) is 0 Å². The molecule has 3 rings (SSSR count). The first-order valence-corrected chi connectivity index (χ1v) is 16.9. The summed E-state index contributed by atoms with van der Waals surface area (Å²) >= 11 is 0. The van der Waals surface area contributed by atoms with Gasteiger partial charge in [0.05, 0.1) is 46.2 Å². The number of rotatable bonds is 25. The first kappa shape index (κ1) is 38.5. The molecule has 0 aliphatic heterocycles. The minimum absolute atomic E-state index is 0.491. The van der Waals surface area contributed by atoms with E-state index in [1.54, 1.807) is 14.2 Å². The summed E-state index contributed by atoms with van der Waals surface area (Å²) in [4.78, 5) is 0. The molecule has 47 heavy (non-hydrogen) atoms. The van der Waals surface area contributed by atoms with Crippen LogP contribution < -0.4 is 9.47 Å². The summed E-state index contributed by atoms with van der Waals surface area (Å²) in [5.74, 6) is 1.64. The van der Waals surface area contributed by atoms with Crippen molar-refractivity contribution in [2.75, 3.05) is 86.9 Å². The van der Waals surface area contributed by atoms with E-state index in [2.05, 4.69) is 63.2 Å². The van der Waals surface area contributed by atoms with E-state index in [1.807, 2.05) is 13.0 Å². The third kappa shape index (κ3) is 13.6. The topological polar surface area (TPSA) is 73.8 Å². The fourth-order valence-electron chi connectivity index (χ4n) is 5.18. The molecular formula is C39H56O8. The molecule has 0 N–H and O–H groups in total. The number of benzene rings is 3. The number of hydrogen-bond acceptors (Lipinski definition) is 8. The second-order valence-corrected chi connectivity index (χ2v) is 11.5. The van der Waals surface area contributed by atoms with Gasteiger partial charge >= 0.3 is 0 Å². The van der Waals surface area contributed by atoms with Crippen LogP contribution in [0.5, 0.6) is 11.5 Å². The van der Waals surface area contributed by atoms with Crippen LogP contribution in [0, 0.1) is 20.8 Å². The van der Waals surface area contributed by atoms with E-state index in [4.69, 9.17) is 37.9 Å². The minimum Gasteiger partial charge on any atom is -0.493 e. The Morgan fingerprint density at radius 3 is 1.77 bits per heavy atom. The fourth-order valence-corrected chi connectivity index (χ4v) is 5.18. The molecule has 0 unspecified atom stereocenters. The van der Waals surface area contributed by atoms with Crippen LogP contribution in [0.15, 0.2) is 48.5 Å². The van der Waals surface area contributed by atoms with Gasteiger partial charge in [0.25, 0.3) is 0 Å². The van der Waals surface area contributed by atoms with Gasteiger partial charge in [0, 0.05) is 47.1 Å². The third-order valence-electron chi connectivity index (χ3n) is 7.83. The van der Waals surface area contributed by atoms with Gasteiger partial charge in [0.2, 0.25) is 0 Å². The molecule has 3 aromatic rings. The molecule has 0 spiro atoms. The lowest BCUT2D eigenvalue weighted by Crippen LogP contribution is -2.08. The number of hydrogen-bond donors (Lipinski definition) is 0. The van der Waals surface area contributed by atoms with Crippen molar-refractivity contribution in [3.8, 4) is 33.8 Å². The highest BCUT2D eigenvalue weighted by atomic mass is 16.5. The summed E-state index contributed by atoms with van der Waals surface area (Å²) in [6.45, 7) is 15.7. The zero-order valence-corrected chi connectivity index (χ0v) is 29.5. The van der Waals surface area contributed by atoms with Crippen LogP contribution in [0.2, 0.25) is 0 Å². The molecule has 0 atom stereocenters. The van der Waals surface area contributed by atoms with Crippen molar-refractivity contribution < 1.29 is 37.9 Å². The van der Waals surface area contributed by atoms with Crippen molar-refractivity contribution >= 4 is 0 Å². The Labute approximate surface area is 282 Å². The maximum Gasteiger partial charge on any atom is 0.120 e. The van der Waals surface area contributed by atoms with Crippen LogP contribution in [-0.4, -0.2) is 86.9 Å². The van der Waals surface area contributed by atoms with Crippen molar-refractivity contribution in [3.05, 3.63) is 70.8 Å². The monoisotopic (exact) mass is 652 g/mol. The first-order chi connectivity index (χ1) is 23.0. The number of unbranched alkanes of at least 4 members (excludes halogenated alkanes) is 1. The molecule has 0 radical (unpaired) electrons. The minimum atomic E-state index is 0.491. The van der Waals surface area contributed by atoms with E-state index in [9.17, 15) is 0 Å². The van der Waals surface area contributed by atoms with Crippen LogP contribution >= 0.6 is 0 Å². The standard InChI is InChI=1S/C39H56O8/c1-7-42-21-22-45-29-33-13-11-30(2)36(25-33)38-27-35(46-18-10-17-44-20-19-41-6)28-39(32(38)4)37-26-34(14-12-31(37)3)47-24-23-43-16-9-8-15-40-5/h11-14,25-28H,7-10,15-24,29H2,1-6H3. The van der Waals surface area contributed by atoms with Gasteiger partial charge in [-0.05, 0) is 115 Å². The van der Waals surface area contributed by atoms with E-state index >= 15 is 0 Å². The first-order valence-electron chi connectivity index (χ1n) is 16.9. The van der Waals surface area contributed by atoms with Crippen molar-refractivity contribution in [2.24, 2.45) is 0 Å². The molecular weight excluding hydrogens is 596 g/mol. The normalized spacial score (nSPS) is 11.3. The number of ether oxygens (including phenoxy) is 8. The van der Waals surface area contributed by atoms with Gasteiger partial charge in [-0.1, -0.05) is 18.2 Å². The molecule has 260 valence electrons. The van der Waals surface area contributed by atoms with Gasteiger partial charge in [-0.25, -0.2) is 0 Å². The van der Waals surface area contributed by atoms with E-state index < -0.39 is 0 Å². The lowest BCUT2D eigenvalue weighted by molar-refractivity contribution is 0.0453. The van der Waals surface area contributed by atoms with Crippen LogP contribution in [-0.2, 0) is 35.0 Å². The van der Waals surface area contributed by atoms with Gasteiger partial charge < -0.3 is 37.9 Å². The molecule has 3 aromatic carbocycles. The second kappa shape index (κ2) is 22.6. The Hall–Kier alpha value is -2.98. The van der Waals surface area contributed by atoms with Gasteiger partial charge in [0.1, 0.15) is 18.1 Å². The van der Waals surface area contributed by atoms with Crippen LogP contribution in [0.4, 0.5) is 0 Å². The highest BCUT2D eigenvalue weighted by Gasteiger charge is 2.16. The molecule has 0 heterocycles. The largest absolute Gasteiger partial charge is 0.493 e. The quantitative estimate of drug-likeness (QED) is 0.0861. The Morgan fingerprint density at radius 1 is 0.468 bits per heavy atom. The fraction of sp³-hybridized carbons (Fsp3) is 0.538. The SMILES string of the molecule is CCOCCOCc1ccc(C)c(-c2cc(OCCCOCCOC)cc(-c3cc(OCCOCCCCOC)ccc3C)c2C)c1. The molecule has 0 saturated carbocycles. The molecule has 8 nitrogen and oxygen atoms in total. The van der Waals surface area contributed by atoms with E-state index in [0.717, 1.165) is 70.7 Å².